The first-order valence-corrected chi connectivity index (χ1v) is 10.9. The predicted octanol–water partition coefficient (Wildman–Crippen LogP) is 5.13. The maximum atomic E-state index is 12.5. The monoisotopic (exact) mass is 437 g/mol. The maximum Gasteiger partial charge on any atom is 0.232 e. The van der Waals surface area contributed by atoms with Gasteiger partial charge in [0.2, 0.25) is 5.91 Å². The molecule has 30 heavy (non-hydrogen) atoms. The Bertz CT molecular complexity index is 1160. The SMILES string of the molecule is COc1ccc(OC)c(-c2csc(NC(=O)Cc3csc(-c4ccccc4)n3)n2)c1. The van der Waals surface area contributed by atoms with Crippen molar-refractivity contribution in [1.29, 1.82) is 0 Å². The van der Waals surface area contributed by atoms with Crippen LogP contribution in [0.2, 0.25) is 0 Å². The van der Waals surface area contributed by atoms with Gasteiger partial charge < -0.3 is 14.8 Å². The molecule has 0 spiro atoms. The number of amides is 1. The van der Waals surface area contributed by atoms with Crippen LogP contribution >= 0.6 is 22.7 Å². The van der Waals surface area contributed by atoms with Crippen molar-refractivity contribution >= 4 is 33.7 Å². The zero-order valence-corrected chi connectivity index (χ0v) is 18.0. The van der Waals surface area contributed by atoms with Gasteiger partial charge in [-0.1, -0.05) is 30.3 Å². The van der Waals surface area contributed by atoms with Crippen LogP contribution in [0.1, 0.15) is 5.69 Å². The van der Waals surface area contributed by atoms with Crippen LogP contribution in [0.5, 0.6) is 11.5 Å². The van der Waals surface area contributed by atoms with E-state index in [1.807, 2.05) is 59.3 Å². The fraction of sp³-hybridized carbons (Fsp3) is 0.136. The summed E-state index contributed by atoms with van der Waals surface area (Å²) in [6.45, 7) is 0. The molecule has 4 rings (SSSR count). The largest absolute Gasteiger partial charge is 0.497 e. The number of thiazole rings is 2. The molecule has 0 atom stereocenters. The summed E-state index contributed by atoms with van der Waals surface area (Å²) in [5.41, 5.74) is 3.31. The van der Waals surface area contributed by atoms with Gasteiger partial charge in [0.25, 0.3) is 0 Å². The Morgan fingerprint density at radius 3 is 2.60 bits per heavy atom. The van der Waals surface area contributed by atoms with E-state index in [9.17, 15) is 4.79 Å². The van der Waals surface area contributed by atoms with Crippen molar-refractivity contribution in [3.05, 3.63) is 65.0 Å². The molecule has 0 aliphatic carbocycles. The van der Waals surface area contributed by atoms with Crippen LogP contribution < -0.4 is 14.8 Å². The zero-order chi connectivity index (χ0) is 20.9. The van der Waals surface area contributed by atoms with E-state index in [1.165, 1.54) is 22.7 Å². The van der Waals surface area contributed by atoms with Crippen LogP contribution in [-0.4, -0.2) is 30.1 Å². The van der Waals surface area contributed by atoms with Crippen molar-refractivity contribution in [2.75, 3.05) is 19.5 Å². The lowest BCUT2D eigenvalue weighted by atomic mass is 10.1. The zero-order valence-electron chi connectivity index (χ0n) is 16.4. The molecule has 2 aromatic heterocycles. The number of hydrogen-bond donors (Lipinski definition) is 1. The van der Waals surface area contributed by atoms with Gasteiger partial charge in [0.1, 0.15) is 16.5 Å². The fourth-order valence-corrected chi connectivity index (χ4v) is 4.45. The molecule has 2 aromatic carbocycles. The van der Waals surface area contributed by atoms with E-state index < -0.39 is 0 Å². The number of hydrogen-bond acceptors (Lipinski definition) is 7. The lowest BCUT2D eigenvalue weighted by molar-refractivity contribution is -0.115. The third-order valence-electron chi connectivity index (χ3n) is 4.35. The number of anilines is 1. The lowest BCUT2D eigenvalue weighted by Gasteiger charge is -2.08. The molecule has 0 aliphatic heterocycles. The lowest BCUT2D eigenvalue weighted by Crippen LogP contribution is -2.14. The molecule has 0 fully saturated rings. The smallest absolute Gasteiger partial charge is 0.232 e. The Labute approximate surface area is 182 Å². The minimum Gasteiger partial charge on any atom is -0.497 e. The van der Waals surface area contributed by atoms with Crippen LogP contribution in [0.15, 0.2) is 59.3 Å². The van der Waals surface area contributed by atoms with Crippen molar-refractivity contribution in [3.8, 4) is 33.3 Å². The normalized spacial score (nSPS) is 10.6. The highest BCUT2D eigenvalue weighted by molar-refractivity contribution is 7.14. The van der Waals surface area contributed by atoms with Crippen molar-refractivity contribution in [3.63, 3.8) is 0 Å². The van der Waals surface area contributed by atoms with E-state index >= 15 is 0 Å². The van der Waals surface area contributed by atoms with Gasteiger partial charge >= 0.3 is 0 Å². The van der Waals surface area contributed by atoms with Gasteiger partial charge in [-0.2, -0.15) is 0 Å². The van der Waals surface area contributed by atoms with E-state index in [2.05, 4.69) is 15.3 Å². The number of ether oxygens (including phenoxy) is 2. The summed E-state index contributed by atoms with van der Waals surface area (Å²) in [4.78, 5) is 21.6. The van der Waals surface area contributed by atoms with Crippen LogP contribution in [-0.2, 0) is 11.2 Å². The summed E-state index contributed by atoms with van der Waals surface area (Å²) in [5, 5.41) is 8.08. The first kappa shape index (κ1) is 20.1. The predicted molar refractivity (Wildman–Crippen MR) is 121 cm³/mol. The summed E-state index contributed by atoms with van der Waals surface area (Å²) < 4.78 is 10.7. The minimum atomic E-state index is -0.154. The fourth-order valence-electron chi connectivity index (χ4n) is 2.90. The molecule has 6 nitrogen and oxygen atoms in total. The molecule has 0 radical (unpaired) electrons. The topological polar surface area (TPSA) is 73.3 Å². The van der Waals surface area contributed by atoms with E-state index in [1.54, 1.807) is 14.2 Å². The van der Waals surface area contributed by atoms with E-state index in [0.29, 0.717) is 22.3 Å². The highest BCUT2D eigenvalue weighted by Gasteiger charge is 2.14. The minimum absolute atomic E-state index is 0.154. The number of benzene rings is 2. The Hall–Kier alpha value is -3.23. The molecular formula is C22H19N3O3S2. The van der Waals surface area contributed by atoms with Crippen LogP contribution in [0.25, 0.3) is 21.8 Å². The van der Waals surface area contributed by atoms with Gasteiger partial charge in [-0.3, -0.25) is 4.79 Å². The number of nitrogens with one attached hydrogen (secondary N) is 1. The molecule has 1 N–H and O–H groups in total. The molecule has 4 aromatic rings. The van der Waals surface area contributed by atoms with Crippen molar-refractivity contribution in [2.45, 2.75) is 6.42 Å². The maximum absolute atomic E-state index is 12.5. The second-order valence-corrected chi connectivity index (χ2v) is 8.06. The number of carbonyl (C=O) groups excluding carboxylic acids is 1. The number of methoxy groups -OCH3 is 2. The van der Waals surface area contributed by atoms with Gasteiger partial charge in [0, 0.05) is 21.9 Å². The average molecular weight is 438 g/mol. The molecule has 0 saturated heterocycles. The third-order valence-corrected chi connectivity index (χ3v) is 6.05. The molecule has 0 bridgehead atoms. The third kappa shape index (κ3) is 4.50. The van der Waals surface area contributed by atoms with E-state index in [-0.39, 0.29) is 12.3 Å². The molecular weight excluding hydrogens is 418 g/mol. The number of nitrogens with zero attached hydrogens (tertiary/aromatic N) is 2. The summed E-state index contributed by atoms with van der Waals surface area (Å²) in [6.07, 6.45) is 0.195. The highest BCUT2D eigenvalue weighted by Crippen LogP contribution is 2.35. The molecule has 1 amide bonds. The first-order chi connectivity index (χ1) is 14.7. The first-order valence-electron chi connectivity index (χ1n) is 9.14. The second kappa shape index (κ2) is 9.06. The second-order valence-electron chi connectivity index (χ2n) is 6.34. The van der Waals surface area contributed by atoms with Gasteiger partial charge in [-0.25, -0.2) is 9.97 Å². The van der Waals surface area contributed by atoms with Gasteiger partial charge in [0.15, 0.2) is 5.13 Å². The highest BCUT2D eigenvalue weighted by atomic mass is 32.1. The average Bonchev–Trinajstić information content (AvgIpc) is 3.43. The molecule has 2 heterocycles. The standard InChI is InChI=1S/C22H19N3O3S2/c1-27-16-8-9-19(28-2)17(11-16)18-13-30-22(24-18)25-20(26)10-15-12-29-21(23-15)14-6-4-3-5-7-14/h3-9,11-13H,10H2,1-2H3,(H,24,25,26). The van der Waals surface area contributed by atoms with E-state index in [0.717, 1.165) is 21.8 Å². The number of aromatic nitrogens is 2. The Morgan fingerprint density at radius 2 is 1.83 bits per heavy atom. The summed E-state index contributed by atoms with van der Waals surface area (Å²) in [5.74, 6) is 1.25. The molecule has 8 heteroatoms. The Kier molecular flexibility index (Phi) is 6.06. The number of carbonyl (C=O) groups is 1. The van der Waals surface area contributed by atoms with Crippen molar-refractivity contribution in [2.24, 2.45) is 0 Å². The molecule has 0 unspecified atom stereocenters. The van der Waals surface area contributed by atoms with Crippen LogP contribution in [0, 0.1) is 0 Å². The summed E-state index contributed by atoms with van der Waals surface area (Å²) in [6, 6.07) is 15.4. The van der Waals surface area contributed by atoms with Gasteiger partial charge in [-0.15, -0.1) is 22.7 Å². The van der Waals surface area contributed by atoms with Gasteiger partial charge in [0.05, 0.1) is 32.0 Å². The summed E-state index contributed by atoms with van der Waals surface area (Å²) >= 11 is 2.89. The molecule has 0 aliphatic rings. The number of rotatable bonds is 7. The Balaban J connectivity index is 1.44. The van der Waals surface area contributed by atoms with Gasteiger partial charge in [-0.05, 0) is 18.2 Å². The van der Waals surface area contributed by atoms with Crippen molar-refractivity contribution in [1.82, 2.24) is 9.97 Å². The van der Waals surface area contributed by atoms with E-state index in [4.69, 9.17) is 9.47 Å². The van der Waals surface area contributed by atoms with Crippen LogP contribution in [0.4, 0.5) is 5.13 Å². The quantitative estimate of drug-likeness (QED) is 0.434. The van der Waals surface area contributed by atoms with Crippen LogP contribution in [0.3, 0.4) is 0 Å². The summed E-state index contributed by atoms with van der Waals surface area (Å²) in [7, 11) is 3.22. The van der Waals surface area contributed by atoms with Crippen molar-refractivity contribution < 1.29 is 14.3 Å². The molecule has 0 saturated carbocycles. The Morgan fingerprint density at radius 1 is 1.00 bits per heavy atom. The molecule has 152 valence electrons.